The lowest BCUT2D eigenvalue weighted by Gasteiger charge is -2.34. The van der Waals surface area contributed by atoms with Gasteiger partial charge in [0.15, 0.2) is 5.69 Å². The molecule has 0 aliphatic heterocycles. The molecule has 1 N–H and O–H groups in total. The van der Waals surface area contributed by atoms with Crippen molar-refractivity contribution in [3.05, 3.63) is 76.5 Å². The molecule has 1 unspecified atom stereocenters. The van der Waals surface area contributed by atoms with E-state index in [2.05, 4.69) is 14.9 Å². The molecule has 0 spiro atoms. The number of anilines is 1. The smallest absolute Gasteiger partial charge is 0.280 e. The molecular weight excluding hydrogens is 415 g/mol. The number of aryl methyl sites for hydroxylation is 1. The van der Waals surface area contributed by atoms with Crippen LogP contribution in [0.25, 0.3) is 0 Å². The van der Waals surface area contributed by atoms with Gasteiger partial charge < -0.3 is 5.32 Å². The first-order chi connectivity index (χ1) is 14.7. The highest BCUT2D eigenvalue weighted by Gasteiger charge is 2.36. The quantitative estimate of drug-likeness (QED) is 0.579. The van der Waals surface area contributed by atoms with Gasteiger partial charge in [-0.25, -0.2) is 4.39 Å². The number of benzene rings is 2. The first-order valence-corrected chi connectivity index (χ1v) is 10.8. The van der Waals surface area contributed by atoms with E-state index in [1.807, 2.05) is 52.0 Å². The van der Waals surface area contributed by atoms with Gasteiger partial charge in [0.2, 0.25) is 5.91 Å². The first kappa shape index (κ1) is 22.6. The average molecular weight is 441 g/mol. The Morgan fingerprint density at radius 1 is 1.13 bits per heavy atom. The van der Waals surface area contributed by atoms with Gasteiger partial charge in [0.1, 0.15) is 11.9 Å². The summed E-state index contributed by atoms with van der Waals surface area (Å²) in [5, 5.41) is 8.46. The lowest BCUT2D eigenvalue weighted by molar-refractivity contribution is -0.124. The number of carbonyl (C=O) groups is 2. The topological polar surface area (TPSA) is 75.2 Å². The first-order valence-electron chi connectivity index (χ1n) is 9.96. The van der Waals surface area contributed by atoms with Crippen molar-refractivity contribution in [2.75, 3.05) is 4.90 Å². The second-order valence-corrected chi connectivity index (χ2v) is 8.59. The third-order valence-electron chi connectivity index (χ3n) is 5.15. The zero-order valence-corrected chi connectivity index (χ0v) is 18.7. The fraction of sp³-hybridized carbons (Fsp3) is 0.304. The monoisotopic (exact) mass is 440 g/mol. The summed E-state index contributed by atoms with van der Waals surface area (Å²) in [6.45, 7) is 7.77. The van der Waals surface area contributed by atoms with Crippen LogP contribution in [0.4, 0.5) is 10.1 Å². The summed E-state index contributed by atoms with van der Waals surface area (Å²) < 4.78 is 17.4. The molecule has 2 aromatic carbocycles. The Hall–Kier alpha value is -3.13. The maximum atomic E-state index is 13.6. The number of hydrogen-bond acceptors (Lipinski definition) is 5. The van der Waals surface area contributed by atoms with E-state index in [-0.39, 0.29) is 11.6 Å². The largest absolute Gasteiger partial charge is 0.349 e. The fourth-order valence-corrected chi connectivity index (χ4v) is 3.45. The number of halogens is 1. The summed E-state index contributed by atoms with van der Waals surface area (Å²) in [6.07, 6.45) is 0.708. The lowest BCUT2D eigenvalue weighted by atomic mass is 9.97. The fourth-order valence-electron chi connectivity index (χ4n) is 3.02. The number of carbonyl (C=O) groups excluding carboxylic acids is 2. The predicted octanol–water partition coefficient (Wildman–Crippen LogP) is 4.68. The molecule has 0 fully saturated rings. The van der Waals surface area contributed by atoms with Crippen molar-refractivity contribution in [1.82, 2.24) is 14.9 Å². The highest BCUT2D eigenvalue weighted by molar-refractivity contribution is 7.03. The van der Waals surface area contributed by atoms with Crippen LogP contribution in [0.15, 0.2) is 53.9 Å². The van der Waals surface area contributed by atoms with Crippen molar-refractivity contribution in [3.63, 3.8) is 0 Å². The summed E-state index contributed by atoms with van der Waals surface area (Å²) in [5.41, 5.74) is 1.69. The minimum atomic E-state index is -0.980. The molecule has 1 atom stereocenters. The van der Waals surface area contributed by atoms with Gasteiger partial charge in [0.05, 0.1) is 0 Å². The third-order valence-corrected chi connectivity index (χ3v) is 5.65. The zero-order chi connectivity index (χ0) is 22.6. The maximum Gasteiger partial charge on any atom is 0.280 e. The minimum absolute atomic E-state index is 0.119. The Kier molecular flexibility index (Phi) is 6.80. The second-order valence-electron chi connectivity index (χ2n) is 7.98. The van der Waals surface area contributed by atoms with Crippen LogP contribution in [-0.2, 0) is 4.79 Å². The normalized spacial score (nSPS) is 12.3. The van der Waals surface area contributed by atoms with E-state index in [0.29, 0.717) is 17.7 Å². The summed E-state index contributed by atoms with van der Waals surface area (Å²) in [6, 6.07) is 11.9. The van der Waals surface area contributed by atoms with E-state index in [0.717, 1.165) is 17.1 Å². The number of amides is 2. The number of rotatable bonds is 7. The molecule has 0 radical (unpaired) electrons. The Balaban J connectivity index is 2.15. The van der Waals surface area contributed by atoms with Gasteiger partial charge in [-0.1, -0.05) is 41.2 Å². The van der Waals surface area contributed by atoms with E-state index >= 15 is 0 Å². The SMILES string of the molecule is CCC(C)(C)NC(=O)C(c1ccc(C)cc1)N(C(=O)c1csnn1)c1ccc(F)cc1. The summed E-state index contributed by atoms with van der Waals surface area (Å²) in [5.74, 6) is -1.26. The molecule has 0 aliphatic rings. The van der Waals surface area contributed by atoms with Crippen LogP contribution in [0.3, 0.4) is 0 Å². The van der Waals surface area contributed by atoms with E-state index in [1.54, 1.807) is 0 Å². The third kappa shape index (κ3) is 5.32. The van der Waals surface area contributed by atoms with Crippen LogP contribution < -0.4 is 10.2 Å². The van der Waals surface area contributed by atoms with Crippen LogP contribution in [0, 0.1) is 12.7 Å². The molecule has 1 aromatic heterocycles. The molecule has 162 valence electrons. The van der Waals surface area contributed by atoms with E-state index in [1.165, 1.54) is 34.5 Å². The summed E-state index contributed by atoms with van der Waals surface area (Å²) >= 11 is 1.05. The van der Waals surface area contributed by atoms with Crippen molar-refractivity contribution < 1.29 is 14.0 Å². The maximum absolute atomic E-state index is 13.6. The number of aromatic nitrogens is 2. The Labute approximate surface area is 185 Å². The van der Waals surface area contributed by atoms with Gasteiger partial charge in [-0.3, -0.25) is 14.5 Å². The summed E-state index contributed by atoms with van der Waals surface area (Å²) in [4.78, 5) is 28.4. The van der Waals surface area contributed by atoms with Crippen LogP contribution in [0.2, 0.25) is 0 Å². The van der Waals surface area contributed by atoms with E-state index in [9.17, 15) is 14.0 Å². The molecule has 1 heterocycles. The van der Waals surface area contributed by atoms with Crippen LogP contribution in [0.5, 0.6) is 0 Å². The van der Waals surface area contributed by atoms with Gasteiger partial charge in [0.25, 0.3) is 5.91 Å². The average Bonchev–Trinajstić information content (AvgIpc) is 3.28. The Morgan fingerprint density at radius 3 is 2.32 bits per heavy atom. The molecule has 31 heavy (non-hydrogen) atoms. The predicted molar refractivity (Wildman–Crippen MR) is 120 cm³/mol. The van der Waals surface area contributed by atoms with Crippen molar-refractivity contribution >= 4 is 29.0 Å². The van der Waals surface area contributed by atoms with Gasteiger partial charge >= 0.3 is 0 Å². The highest BCUT2D eigenvalue weighted by atomic mass is 32.1. The van der Waals surface area contributed by atoms with Crippen LogP contribution >= 0.6 is 11.5 Å². The van der Waals surface area contributed by atoms with Crippen LogP contribution in [0.1, 0.15) is 54.8 Å². The molecule has 3 rings (SSSR count). The summed E-state index contributed by atoms with van der Waals surface area (Å²) in [7, 11) is 0. The van der Waals surface area contributed by atoms with Gasteiger partial charge in [-0.05, 0) is 68.6 Å². The Bertz CT molecular complexity index is 1030. The molecular formula is C23H25FN4O2S. The van der Waals surface area contributed by atoms with E-state index < -0.39 is 23.3 Å². The Morgan fingerprint density at radius 2 is 1.77 bits per heavy atom. The number of nitrogens with one attached hydrogen (secondary N) is 1. The molecule has 8 heteroatoms. The molecule has 3 aromatic rings. The van der Waals surface area contributed by atoms with E-state index in [4.69, 9.17) is 0 Å². The van der Waals surface area contributed by atoms with Crippen molar-refractivity contribution in [3.8, 4) is 0 Å². The molecule has 6 nitrogen and oxygen atoms in total. The van der Waals surface area contributed by atoms with Crippen LogP contribution in [-0.4, -0.2) is 26.9 Å². The lowest BCUT2D eigenvalue weighted by Crippen LogP contribution is -2.50. The van der Waals surface area contributed by atoms with Gasteiger partial charge in [-0.2, -0.15) is 0 Å². The standard InChI is InChI=1S/C23H25FN4O2S/c1-5-23(3,4)25-21(29)20(16-8-6-15(2)7-9-16)28(18-12-10-17(24)11-13-18)22(30)19-14-31-27-26-19/h6-14,20H,5H2,1-4H3,(H,25,29). The number of hydrogen-bond donors (Lipinski definition) is 1. The van der Waals surface area contributed by atoms with Crippen molar-refractivity contribution in [2.24, 2.45) is 0 Å². The molecule has 0 bridgehead atoms. The number of nitrogens with zero attached hydrogens (tertiary/aromatic N) is 3. The van der Waals surface area contributed by atoms with Crippen molar-refractivity contribution in [2.45, 2.75) is 45.7 Å². The molecule has 2 amide bonds. The van der Waals surface area contributed by atoms with Crippen molar-refractivity contribution in [1.29, 1.82) is 0 Å². The molecule has 0 saturated carbocycles. The molecule has 0 saturated heterocycles. The van der Waals surface area contributed by atoms with Gasteiger partial charge in [-0.15, -0.1) is 5.10 Å². The van der Waals surface area contributed by atoms with Gasteiger partial charge in [0, 0.05) is 16.6 Å². The minimum Gasteiger partial charge on any atom is -0.349 e. The highest BCUT2D eigenvalue weighted by Crippen LogP contribution is 2.31. The molecule has 0 aliphatic carbocycles. The zero-order valence-electron chi connectivity index (χ0n) is 17.9. The second kappa shape index (κ2) is 9.34.